The fourth-order valence-corrected chi connectivity index (χ4v) is 5.98. The normalized spacial score (nSPS) is 15.7. The molecule has 5 rings (SSSR count). The highest BCUT2D eigenvalue weighted by Gasteiger charge is 2.32. The largest absolute Gasteiger partial charge is 0.355 e. The van der Waals surface area contributed by atoms with Gasteiger partial charge in [-0.05, 0) is 43.7 Å². The fourth-order valence-electron chi connectivity index (χ4n) is 5.12. The molecule has 43 heavy (non-hydrogen) atoms. The minimum atomic E-state index is -4.04. The number of anilines is 1. The van der Waals surface area contributed by atoms with Gasteiger partial charge in [-0.3, -0.25) is 4.79 Å². The number of halogens is 4. The third kappa shape index (κ3) is 5.24. The Morgan fingerprint density at radius 2 is 1.74 bits per heavy atom. The second-order valence-electron chi connectivity index (χ2n) is 10.1. The molecule has 0 unspecified atom stereocenters. The van der Waals surface area contributed by atoms with Crippen LogP contribution in [0.1, 0.15) is 12.5 Å². The molecule has 0 N–H and O–H groups in total. The molecule has 10 nitrogen and oxygen atoms in total. The van der Waals surface area contributed by atoms with Crippen molar-refractivity contribution < 1.29 is 30.8 Å². The van der Waals surface area contributed by atoms with Crippen LogP contribution in [-0.4, -0.2) is 70.7 Å². The van der Waals surface area contributed by atoms with E-state index < -0.39 is 67.0 Å². The number of aryl methyl sites for hydroxylation is 1. The summed E-state index contributed by atoms with van der Waals surface area (Å²) in [7, 11) is -4.04. The highest BCUT2D eigenvalue weighted by Crippen LogP contribution is 2.34. The molecule has 1 saturated heterocycles. The first-order chi connectivity index (χ1) is 20.2. The molecular weight excluding hydrogens is 592 g/mol. The first-order valence-electron chi connectivity index (χ1n) is 12.8. The van der Waals surface area contributed by atoms with Crippen LogP contribution in [0.3, 0.4) is 0 Å². The lowest BCUT2D eigenvalue weighted by molar-refractivity contribution is -0.129. The van der Waals surface area contributed by atoms with E-state index >= 15 is 4.39 Å². The van der Waals surface area contributed by atoms with Crippen molar-refractivity contribution in [2.24, 2.45) is 0 Å². The monoisotopic (exact) mass is 616 g/mol. The molecule has 224 valence electrons. The van der Waals surface area contributed by atoms with E-state index in [1.807, 2.05) is 0 Å². The van der Waals surface area contributed by atoms with Crippen LogP contribution >= 0.6 is 0 Å². The Bertz CT molecular complexity index is 1980. The lowest BCUT2D eigenvalue weighted by Gasteiger charge is -2.40. The molecule has 0 spiro atoms. The zero-order chi connectivity index (χ0) is 31.4. The summed E-state index contributed by atoms with van der Waals surface area (Å²) >= 11 is 0. The molecule has 1 fully saturated rings. The van der Waals surface area contributed by atoms with Crippen LogP contribution in [0.2, 0.25) is 0 Å². The van der Waals surface area contributed by atoms with E-state index in [9.17, 15) is 31.2 Å². The van der Waals surface area contributed by atoms with Gasteiger partial charge in [0.2, 0.25) is 0 Å². The van der Waals surface area contributed by atoms with E-state index in [1.165, 1.54) is 24.1 Å². The van der Waals surface area contributed by atoms with Crippen molar-refractivity contribution in [2.45, 2.75) is 24.9 Å². The summed E-state index contributed by atoms with van der Waals surface area (Å²) in [6.07, 6.45) is 2.11. The zero-order valence-electron chi connectivity index (χ0n) is 23.1. The fraction of sp³-hybridized carbons (Fsp3) is 0.250. The van der Waals surface area contributed by atoms with Gasteiger partial charge in [0.1, 0.15) is 23.1 Å². The van der Waals surface area contributed by atoms with E-state index in [0.29, 0.717) is 0 Å². The molecule has 1 aliphatic rings. The summed E-state index contributed by atoms with van der Waals surface area (Å²) < 4.78 is 85.0. The van der Waals surface area contributed by atoms with Crippen molar-refractivity contribution in [1.29, 1.82) is 0 Å². The second-order valence-corrected chi connectivity index (χ2v) is 12.0. The number of aromatic nitrogens is 4. The van der Waals surface area contributed by atoms with E-state index in [-0.39, 0.29) is 47.7 Å². The van der Waals surface area contributed by atoms with Crippen molar-refractivity contribution in [3.8, 4) is 16.9 Å². The number of amides is 1. The molecule has 1 aliphatic heterocycles. The quantitative estimate of drug-likeness (QED) is 0.247. The van der Waals surface area contributed by atoms with Gasteiger partial charge in [-0.25, -0.2) is 45.3 Å². The topological polar surface area (TPSA) is 118 Å². The number of pyridine rings is 2. The number of benzene rings is 1. The summed E-state index contributed by atoms with van der Waals surface area (Å²) in [5, 5.41) is -0.594. The van der Waals surface area contributed by atoms with Crippen LogP contribution in [0.4, 0.5) is 23.4 Å². The van der Waals surface area contributed by atoms with Crippen LogP contribution in [0.15, 0.2) is 58.8 Å². The molecule has 0 bridgehead atoms. The molecule has 15 heteroatoms. The molecule has 0 radical (unpaired) electrons. The summed E-state index contributed by atoms with van der Waals surface area (Å²) in [5.74, 6) is -5.50. The Morgan fingerprint density at radius 3 is 2.35 bits per heavy atom. The number of hydrogen-bond acceptors (Lipinski definition) is 8. The SMILES string of the molecule is C=C(F)C(=O)N1CCN(c2nc(=O)n(-c3c(C)ccnc3S(C)(=O)=O)c3nc(-c4c(F)cccc4F)c(F)cc23)[C@@H](C)C1. The van der Waals surface area contributed by atoms with E-state index in [4.69, 9.17) is 0 Å². The predicted octanol–water partition coefficient (Wildman–Crippen LogP) is 3.49. The number of carbonyl (C=O) groups is 1. The summed E-state index contributed by atoms with van der Waals surface area (Å²) in [6.45, 7) is 6.26. The molecule has 4 aromatic rings. The first-order valence-corrected chi connectivity index (χ1v) is 14.7. The molecule has 0 saturated carbocycles. The second kappa shape index (κ2) is 10.9. The number of sulfone groups is 1. The molecule has 1 aromatic carbocycles. The molecule has 1 atom stereocenters. The molecular formula is C28H24F4N6O4S. The maximum absolute atomic E-state index is 15.7. The number of piperazine rings is 1. The maximum atomic E-state index is 15.7. The van der Waals surface area contributed by atoms with Crippen LogP contribution in [0.5, 0.6) is 0 Å². The van der Waals surface area contributed by atoms with Gasteiger partial charge in [0.15, 0.2) is 32.2 Å². The van der Waals surface area contributed by atoms with Crippen molar-refractivity contribution in [3.63, 3.8) is 0 Å². The van der Waals surface area contributed by atoms with E-state index in [2.05, 4.69) is 21.5 Å². The average Bonchev–Trinajstić information content (AvgIpc) is 2.92. The summed E-state index contributed by atoms with van der Waals surface area (Å²) in [5.41, 5.74) is -2.89. The van der Waals surface area contributed by atoms with Gasteiger partial charge in [-0.1, -0.05) is 12.6 Å². The third-order valence-electron chi connectivity index (χ3n) is 7.09. The molecule has 0 aliphatic carbocycles. The molecule has 4 heterocycles. The van der Waals surface area contributed by atoms with Gasteiger partial charge in [-0.2, -0.15) is 4.98 Å². The summed E-state index contributed by atoms with van der Waals surface area (Å²) in [6, 6.07) is 4.69. The van der Waals surface area contributed by atoms with Crippen molar-refractivity contribution in [1.82, 2.24) is 24.4 Å². The molecule has 1 amide bonds. The third-order valence-corrected chi connectivity index (χ3v) is 8.09. The van der Waals surface area contributed by atoms with Crippen LogP contribution < -0.4 is 10.6 Å². The number of rotatable bonds is 5. The van der Waals surface area contributed by atoms with Crippen molar-refractivity contribution in [3.05, 3.63) is 82.4 Å². The highest BCUT2D eigenvalue weighted by molar-refractivity contribution is 7.90. The van der Waals surface area contributed by atoms with Gasteiger partial charge < -0.3 is 9.80 Å². The summed E-state index contributed by atoms with van der Waals surface area (Å²) in [4.78, 5) is 41.0. The number of carbonyl (C=O) groups excluding carboxylic acids is 1. The lowest BCUT2D eigenvalue weighted by Crippen LogP contribution is -2.54. The molecule has 3 aromatic heterocycles. The van der Waals surface area contributed by atoms with Crippen molar-refractivity contribution >= 4 is 32.6 Å². The smallest absolute Gasteiger partial charge is 0.350 e. The van der Waals surface area contributed by atoms with Crippen LogP contribution in [0, 0.1) is 24.4 Å². The number of fused-ring (bicyclic) bond motifs is 1. The standard InChI is InChI=1S/C28H24F4N6O4S/c1-14-8-9-33-26(43(4,41)42)23(14)38-25-17(12-20(32)22(34-25)21-18(30)6-5-7-19(21)31)24(35-28(38)40)37-11-10-36(13-15(37)2)27(39)16(3)29/h5-9,12,15H,3,10-11,13H2,1-2,4H3/t15-/m0/s1. The number of hydrogen-bond donors (Lipinski definition) is 0. The van der Waals surface area contributed by atoms with Crippen LogP contribution in [-0.2, 0) is 14.6 Å². The predicted molar refractivity (Wildman–Crippen MR) is 150 cm³/mol. The van der Waals surface area contributed by atoms with Gasteiger partial charge in [0.25, 0.3) is 5.91 Å². The first kappa shape index (κ1) is 29.8. The number of nitrogens with zero attached hydrogens (tertiary/aromatic N) is 6. The Labute approximate surface area is 242 Å². The Kier molecular flexibility index (Phi) is 7.54. The zero-order valence-corrected chi connectivity index (χ0v) is 23.9. The van der Waals surface area contributed by atoms with Gasteiger partial charge >= 0.3 is 5.69 Å². The van der Waals surface area contributed by atoms with Gasteiger partial charge in [0.05, 0.1) is 16.6 Å². The average molecular weight is 617 g/mol. The van der Waals surface area contributed by atoms with E-state index in [1.54, 1.807) is 11.8 Å². The maximum Gasteiger partial charge on any atom is 0.355 e. The highest BCUT2D eigenvalue weighted by atomic mass is 32.2. The minimum absolute atomic E-state index is 0.00238. The minimum Gasteiger partial charge on any atom is -0.350 e. The Hall–Kier alpha value is -4.66. The van der Waals surface area contributed by atoms with Crippen molar-refractivity contribution in [2.75, 3.05) is 30.8 Å². The lowest BCUT2D eigenvalue weighted by atomic mass is 10.1. The Balaban J connectivity index is 1.84. The van der Waals surface area contributed by atoms with Gasteiger partial charge in [0, 0.05) is 38.1 Å². The van der Waals surface area contributed by atoms with Crippen LogP contribution in [0.25, 0.3) is 28.0 Å². The van der Waals surface area contributed by atoms with Gasteiger partial charge in [-0.15, -0.1) is 0 Å². The Morgan fingerprint density at radius 1 is 1.07 bits per heavy atom. The van der Waals surface area contributed by atoms with E-state index in [0.717, 1.165) is 35.1 Å².